The number of halogens is 1. The zero-order valence-corrected chi connectivity index (χ0v) is 17.5. The van der Waals surface area contributed by atoms with Gasteiger partial charge in [0.05, 0.1) is 0 Å². The molecule has 5 nitrogen and oxygen atoms in total. The lowest BCUT2D eigenvalue weighted by Gasteiger charge is -2.26. The Kier molecular flexibility index (Phi) is 5.91. The van der Waals surface area contributed by atoms with Gasteiger partial charge >= 0.3 is 0 Å². The number of benzene rings is 2. The number of aliphatic hydroxyl groups excluding tert-OH is 1. The molecule has 1 aromatic heterocycles. The highest BCUT2D eigenvalue weighted by molar-refractivity contribution is 9.10. The quantitative estimate of drug-likeness (QED) is 0.541. The van der Waals surface area contributed by atoms with Crippen LogP contribution in [0.2, 0.25) is 0 Å². The lowest BCUT2D eigenvalue weighted by atomic mass is 10.1. The van der Waals surface area contributed by atoms with Crippen LogP contribution in [0.25, 0.3) is 11.3 Å². The molecule has 2 aromatic carbocycles. The molecular weight excluding hydrogens is 422 g/mol. The number of hydrogen-bond acceptors (Lipinski definition) is 4. The van der Waals surface area contributed by atoms with Gasteiger partial charge in [0.2, 0.25) is 0 Å². The Labute approximate surface area is 172 Å². The van der Waals surface area contributed by atoms with Crippen LogP contribution < -0.4 is 10.1 Å². The smallest absolute Gasteiger partial charge is 0.267 e. The largest absolute Gasteiger partial charge is 0.478 e. The molecule has 0 saturated heterocycles. The van der Waals surface area contributed by atoms with Gasteiger partial charge in [-0.15, -0.1) is 0 Å². The topological polar surface area (TPSA) is 71.7 Å². The highest BCUT2D eigenvalue weighted by atomic mass is 79.9. The summed E-state index contributed by atoms with van der Waals surface area (Å²) in [5, 5.41) is 12.1. The molecule has 0 aliphatic rings. The predicted octanol–water partition coefficient (Wildman–Crippen LogP) is 5.31. The van der Waals surface area contributed by atoms with Gasteiger partial charge in [0, 0.05) is 15.7 Å². The second kappa shape index (κ2) is 8.20. The highest BCUT2D eigenvalue weighted by Crippen LogP contribution is 2.28. The molecule has 0 fully saturated rings. The van der Waals surface area contributed by atoms with E-state index in [0.717, 1.165) is 15.6 Å². The van der Waals surface area contributed by atoms with E-state index in [1.807, 2.05) is 37.3 Å². The molecule has 0 spiro atoms. The van der Waals surface area contributed by atoms with E-state index in [9.17, 15) is 9.90 Å². The molecule has 0 bridgehead atoms. The summed E-state index contributed by atoms with van der Waals surface area (Å²) < 4.78 is 12.4. The first-order valence-corrected chi connectivity index (χ1v) is 9.64. The zero-order chi connectivity index (χ0) is 20.3. The normalized spacial score (nSPS) is 11.3. The Morgan fingerprint density at radius 1 is 1.14 bits per heavy atom. The van der Waals surface area contributed by atoms with Gasteiger partial charge in [-0.25, -0.2) is 0 Å². The molecule has 0 aliphatic heterocycles. The van der Waals surface area contributed by atoms with Gasteiger partial charge in [-0.1, -0.05) is 28.1 Å². The first kappa shape index (κ1) is 20.2. The molecule has 0 unspecified atom stereocenters. The lowest BCUT2D eigenvalue weighted by molar-refractivity contribution is -0.128. The number of nitrogens with one attached hydrogen (secondary N) is 1. The molecule has 1 amide bonds. The second-order valence-electron chi connectivity index (χ2n) is 6.97. The number of aliphatic hydroxyl groups is 1. The predicted molar refractivity (Wildman–Crippen MR) is 112 cm³/mol. The third-order valence-electron chi connectivity index (χ3n) is 4.32. The maximum absolute atomic E-state index is 12.9. The third-order valence-corrected chi connectivity index (χ3v) is 4.85. The molecular formula is C22H22BrNO4. The number of rotatable bonds is 6. The van der Waals surface area contributed by atoms with E-state index in [0.29, 0.717) is 23.0 Å². The van der Waals surface area contributed by atoms with Gasteiger partial charge in [0.1, 0.15) is 23.9 Å². The molecule has 6 heteroatoms. The summed E-state index contributed by atoms with van der Waals surface area (Å²) in [7, 11) is 0. The molecule has 146 valence electrons. The summed E-state index contributed by atoms with van der Waals surface area (Å²) in [6, 6.07) is 16.5. The molecule has 0 saturated carbocycles. The number of carbonyl (C=O) groups excluding carboxylic acids is 1. The van der Waals surface area contributed by atoms with Crippen molar-refractivity contribution in [3.8, 4) is 17.1 Å². The molecule has 3 aromatic rings. The van der Waals surface area contributed by atoms with Crippen molar-refractivity contribution in [1.29, 1.82) is 0 Å². The van der Waals surface area contributed by atoms with Gasteiger partial charge in [-0.05, 0) is 68.8 Å². The van der Waals surface area contributed by atoms with E-state index in [4.69, 9.17) is 9.15 Å². The number of aryl methyl sites for hydroxylation is 1. The minimum Gasteiger partial charge on any atom is -0.478 e. The average Bonchev–Trinajstić information content (AvgIpc) is 3.14. The number of carbonyl (C=O) groups is 1. The van der Waals surface area contributed by atoms with Crippen LogP contribution in [0, 0.1) is 6.92 Å². The minimum atomic E-state index is -1.06. The number of furan rings is 1. The first-order chi connectivity index (χ1) is 13.3. The van der Waals surface area contributed by atoms with Gasteiger partial charge < -0.3 is 19.6 Å². The van der Waals surface area contributed by atoms with Crippen molar-refractivity contribution < 1.29 is 19.1 Å². The third kappa shape index (κ3) is 4.64. The van der Waals surface area contributed by atoms with Crippen molar-refractivity contribution in [1.82, 2.24) is 0 Å². The molecule has 28 heavy (non-hydrogen) atoms. The Hall–Kier alpha value is -2.57. The minimum absolute atomic E-state index is 0.156. The van der Waals surface area contributed by atoms with E-state index >= 15 is 0 Å². The highest BCUT2D eigenvalue weighted by Gasteiger charge is 2.30. The summed E-state index contributed by atoms with van der Waals surface area (Å²) in [6.07, 6.45) is 0. The van der Waals surface area contributed by atoms with Crippen molar-refractivity contribution in [2.45, 2.75) is 33.0 Å². The van der Waals surface area contributed by atoms with Gasteiger partial charge in [0.25, 0.3) is 5.91 Å². The molecule has 2 N–H and O–H groups in total. The van der Waals surface area contributed by atoms with Crippen LogP contribution in [0.4, 0.5) is 5.69 Å². The van der Waals surface area contributed by atoms with Gasteiger partial charge in [-0.2, -0.15) is 0 Å². The van der Waals surface area contributed by atoms with E-state index in [2.05, 4.69) is 21.2 Å². The summed E-state index contributed by atoms with van der Waals surface area (Å²) in [5.41, 5.74) is 1.35. The van der Waals surface area contributed by atoms with Crippen molar-refractivity contribution >= 4 is 27.5 Å². The lowest BCUT2D eigenvalue weighted by Crippen LogP contribution is -2.42. The van der Waals surface area contributed by atoms with Crippen LogP contribution >= 0.6 is 15.9 Å². The fourth-order valence-electron chi connectivity index (χ4n) is 2.64. The van der Waals surface area contributed by atoms with Crippen molar-refractivity contribution in [2.24, 2.45) is 0 Å². The maximum Gasteiger partial charge on any atom is 0.267 e. The van der Waals surface area contributed by atoms with Crippen LogP contribution in [0.15, 0.2) is 63.5 Å². The van der Waals surface area contributed by atoms with Crippen molar-refractivity contribution in [2.75, 3.05) is 5.32 Å². The summed E-state index contributed by atoms with van der Waals surface area (Å²) in [4.78, 5) is 12.9. The van der Waals surface area contributed by atoms with E-state index in [1.54, 1.807) is 38.1 Å². The Bertz CT molecular complexity index is 976. The first-order valence-electron chi connectivity index (χ1n) is 8.85. The number of anilines is 1. The van der Waals surface area contributed by atoms with Crippen LogP contribution in [-0.2, 0) is 11.4 Å². The van der Waals surface area contributed by atoms with Crippen LogP contribution in [0.1, 0.15) is 25.2 Å². The molecule has 0 aliphatic carbocycles. The van der Waals surface area contributed by atoms with E-state index in [1.165, 1.54) is 0 Å². The van der Waals surface area contributed by atoms with E-state index < -0.39 is 5.60 Å². The number of hydrogen-bond donors (Lipinski definition) is 2. The van der Waals surface area contributed by atoms with Gasteiger partial charge in [-0.3, -0.25) is 4.79 Å². The average molecular weight is 444 g/mol. The zero-order valence-electron chi connectivity index (χ0n) is 16.0. The van der Waals surface area contributed by atoms with Crippen molar-refractivity contribution in [3.05, 3.63) is 70.4 Å². The van der Waals surface area contributed by atoms with Crippen LogP contribution in [-0.4, -0.2) is 16.6 Å². The van der Waals surface area contributed by atoms with Crippen LogP contribution in [0.5, 0.6) is 5.75 Å². The summed E-state index contributed by atoms with van der Waals surface area (Å²) in [5.74, 6) is 1.47. The molecule has 0 radical (unpaired) electrons. The Morgan fingerprint density at radius 3 is 2.50 bits per heavy atom. The number of amides is 1. The molecule has 0 atom stereocenters. The molecule has 3 rings (SSSR count). The standard InChI is InChI=1S/C22H22BrNO4/c1-14-4-5-15(20-11-10-18(13-25)27-20)12-19(14)24-21(26)22(2,3)28-17-8-6-16(23)7-9-17/h4-12,25H,13H2,1-3H3,(H,24,26). The monoisotopic (exact) mass is 443 g/mol. The van der Waals surface area contributed by atoms with Gasteiger partial charge in [0.15, 0.2) is 5.60 Å². The van der Waals surface area contributed by atoms with E-state index in [-0.39, 0.29) is 12.5 Å². The summed E-state index contributed by atoms with van der Waals surface area (Å²) in [6.45, 7) is 5.22. The Morgan fingerprint density at radius 2 is 1.86 bits per heavy atom. The maximum atomic E-state index is 12.9. The Balaban J connectivity index is 1.78. The molecule has 1 heterocycles. The van der Waals surface area contributed by atoms with Crippen molar-refractivity contribution in [3.63, 3.8) is 0 Å². The summed E-state index contributed by atoms with van der Waals surface area (Å²) >= 11 is 3.38. The van der Waals surface area contributed by atoms with Crippen LogP contribution in [0.3, 0.4) is 0 Å². The number of ether oxygens (including phenoxy) is 1. The SMILES string of the molecule is Cc1ccc(-c2ccc(CO)o2)cc1NC(=O)C(C)(C)Oc1ccc(Br)cc1. The fraction of sp³-hybridized carbons (Fsp3) is 0.227. The second-order valence-corrected chi connectivity index (χ2v) is 7.89. The fourth-order valence-corrected chi connectivity index (χ4v) is 2.91.